The number of alkyl halides is 3. The topological polar surface area (TPSA) is 55.6 Å². The van der Waals surface area contributed by atoms with E-state index in [1.54, 1.807) is 20.8 Å². The van der Waals surface area contributed by atoms with Crippen molar-refractivity contribution in [3.8, 4) is 0 Å². The average molecular weight is 282 g/mol. The van der Waals surface area contributed by atoms with Gasteiger partial charge < -0.3 is 10.5 Å². The molecule has 0 spiro atoms. The second-order valence-corrected chi connectivity index (χ2v) is 5.89. The Morgan fingerprint density at radius 3 is 2.26 bits per heavy atom. The molecule has 0 radical (unpaired) electrons. The maximum atomic E-state index is 12.6. The lowest BCUT2D eigenvalue weighted by atomic mass is 10.1. The number of halogens is 3. The van der Waals surface area contributed by atoms with E-state index in [0.29, 0.717) is 12.8 Å². The number of rotatable bonds is 2. The van der Waals surface area contributed by atoms with Gasteiger partial charge in [0.2, 0.25) is 0 Å². The summed E-state index contributed by atoms with van der Waals surface area (Å²) < 4.78 is 42.8. The van der Waals surface area contributed by atoms with Gasteiger partial charge in [0.25, 0.3) is 0 Å². The maximum absolute atomic E-state index is 12.6. The Bertz CT molecular complexity index is 326. The van der Waals surface area contributed by atoms with Crippen molar-refractivity contribution in [3.05, 3.63) is 0 Å². The molecule has 2 atom stereocenters. The summed E-state index contributed by atoms with van der Waals surface area (Å²) in [5.74, 6) is 0. The van der Waals surface area contributed by atoms with Crippen LogP contribution in [0.15, 0.2) is 0 Å². The highest BCUT2D eigenvalue weighted by molar-refractivity contribution is 5.68. The van der Waals surface area contributed by atoms with Crippen molar-refractivity contribution in [2.24, 2.45) is 5.73 Å². The summed E-state index contributed by atoms with van der Waals surface area (Å²) in [6.07, 6.45) is -3.58. The van der Waals surface area contributed by atoms with E-state index in [9.17, 15) is 18.0 Å². The number of carbonyl (C=O) groups is 1. The van der Waals surface area contributed by atoms with Gasteiger partial charge in [-0.05, 0) is 40.0 Å². The number of amides is 1. The summed E-state index contributed by atoms with van der Waals surface area (Å²) in [4.78, 5) is 12.6. The molecule has 1 amide bonds. The van der Waals surface area contributed by atoms with Crippen LogP contribution < -0.4 is 5.73 Å². The van der Waals surface area contributed by atoms with Gasteiger partial charge in [0, 0.05) is 6.04 Å². The Kier molecular flexibility index (Phi) is 4.71. The van der Waals surface area contributed by atoms with E-state index in [-0.39, 0.29) is 0 Å². The predicted molar refractivity (Wildman–Crippen MR) is 64.6 cm³/mol. The first-order valence-electron chi connectivity index (χ1n) is 6.31. The van der Waals surface area contributed by atoms with Crippen molar-refractivity contribution in [3.63, 3.8) is 0 Å². The van der Waals surface area contributed by atoms with Crippen molar-refractivity contribution in [1.82, 2.24) is 4.90 Å². The standard InChI is InChI=1S/C12H21F3N2O2/c1-11(2,3)19-10(18)17(7-12(13,14)15)9-6-4-5-8(9)16/h8-9H,4-7,16H2,1-3H3/t8-,9-/m1/s1. The molecule has 1 saturated carbocycles. The van der Waals surface area contributed by atoms with Crippen LogP contribution in [0, 0.1) is 0 Å². The monoisotopic (exact) mass is 282 g/mol. The van der Waals surface area contributed by atoms with Crippen LogP contribution in [0.2, 0.25) is 0 Å². The Morgan fingerprint density at radius 1 is 1.32 bits per heavy atom. The second-order valence-electron chi connectivity index (χ2n) is 5.89. The largest absolute Gasteiger partial charge is 0.444 e. The minimum atomic E-state index is -4.46. The molecule has 0 aromatic carbocycles. The maximum Gasteiger partial charge on any atom is 0.410 e. The number of hydrogen-bond donors (Lipinski definition) is 1. The van der Waals surface area contributed by atoms with E-state index in [0.717, 1.165) is 11.3 Å². The fourth-order valence-electron chi connectivity index (χ4n) is 2.19. The molecule has 0 unspecified atom stereocenters. The number of hydrogen-bond acceptors (Lipinski definition) is 3. The van der Waals surface area contributed by atoms with Gasteiger partial charge in [0.1, 0.15) is 12.1 Å². The van der Waals surface area contributed by atoms with E-state index in [1.165, 1.54) is 0 Å². The first-order valence-corrected chi connectivity index (χ1v) is 6.31. The van der Waals surface area contributed by atoms with Crippen LogP contribution >= 0.6 is 0 Å². The van der Waals surface area contributed by atoms with Crippen molar-refractivity contribution in [2.45, 2.75) is 63.9 Å². The minimum absolute atomic E-state index is 0.421. The highest BCUT2D eigenvalue weighted by atomic mass is 19.4. The van der Waals surface area contributed by atoms with Gasteiger partial charge >= 0.3 is 12.3 Å². The van der Waals surface area contributed by atoms with Crippen LogP contribution in [0.4, 0.5) is 18.0 Å². The molecule has 2 N–H and O–H groups in total. The molecule has 0 aromatic rings. The van der Waals surface area contributed by atoms with Crippen molar-refractivity contribution >= 4 is 6.09 Å². The first-order chi connectivity index (χ1) is 8.49. The third-order valence-electron chi connectivity index (χ3n) is 2.91. The van der Waals surface area contributed by atoms with E-state index < -0.39 is 36.5 Å². The zero-order chi connectivity index (χ0) is 14.8. The van der Waals surface area contributed by atoms with Crippen LogP contribution in [0.5, 0.6) is 0 Å². The van der Waals surface area contributed by atoms with Crippen LogP contribution in [0.1, 0.15) is 40.0 Å². The minimum Gasteiger partial charge on any atom is -0.444 e. The molecule has 0 heterocycles. The molecule has 1 fully saturated rings. The fraction of sp³-hybridized carbons (Fsp3) is 0.917. The second kappa shape index (κ2) is 5.56. The number of carbonyl (C=O) groups excluding carboxylic acids is 1. The Morgan fingerprint density at radius 2 is 1.89 bits per heavy atom. The molecule has 0 saturated heterocycles. The number of nitrogens with two attached hydrogens (primary N) is 1. The zero-order valence-corrected chi connectivity index (χ0v) is 11.5. The third kappa shape index (κ3) is 5.26. The summed E-state index contributed by atoms with van der Waals surface area (Å²) in [6.45, 7) is 3.53. The first kappa shape index (κ1) is 16.1. The normalized spacial score (nSPS) is 24.4. The Balaban J connectivity index is 2.83. The summed E-state index contributed by atoms with van der Waals surface area (Å²) in [5, 5.41) is 0. The fourth-order valence-corrected chi connectivity index (χ4v) is 2.19. The van der Waals surface area contributed by atoms with E-state index >= 15 is 0 Å². The quantitative estimate of drug-likeness (QED) is 0.847. The van der Waals surface area contributed by atoms with Crippen molar-refractivity contribution in [1.29, 1.82) is 0 Å². The molecule has 4 nitrogen and oxygen atoms in total. The van der Waals surface area contributed by atoms with Crippen LogP contribution in [-0.4, -0.2) is 41.4 Å². The smallest absolute Gasteiger partial charge is 0.410 e. The van der Waals surface area contributed by atoms with E-state index in [2.05, 4.69) is 0 Å². The zero-order valence-electron chi connectivity index (χ0n) is 11.5. The molecule has 1 rings (SSSR count). The molecule has 1 aliphatic rings. The lowest BCUT2D eigenvalue weighted by molar-refractivity contribution is -0.149. The van der Waals surface area contributed by atoms with E-state index in [4.69, 9.17) is 10.5 Å². The summed E-state index contributed by atoms with van der Waals surface area (Å²) >= 11 is 0. The highest BCUT2D eigenvalue weighted by Crippen LogP contribution is 2.28. The SMILES string of the molecule is CC(C)(C)OC(=O)N(CC(F)(F)F)[C@@H]1CCC[C@H]1N. The third-order valence-corrected chi connectivity index (χ3v) is 2.91. The van der Waals surface area contributed by atoms with Crippen LogP contribution in [0.3, 0.4) is 0 Å². The van der Waals surface area contributed by atoms with Crippen LogP contribution in [-0.2, 0) is 4.74 Å². The van der Waals surface area contributed by atoms with Gasteiger partial charge in [-0.15, -0.1) is 0 Å². The molecule has 19 heavy (non-hydrogen) atoms. The van der Waals surface area contributed by atoms with Gasteiger partial charge in [0.15, 0.2) is 0 Å². The van der Waals surface area contributed by atoms with Gasteiger partial charge in [-0.25, -0.2) is 4.79 Å². The lowest BCUT2D eigenvalue weighted by Gasteiger charge is -2.34. The van der Waals surface area contributed by atoms with Crippen molar-refractivity contribution in [2.75, 3.05) is 6.54 Å². The van der Waals surface area contributed by atoms with Gasteiger partial charge in [-0.2, -0.15) is 13.2 Å². The molecule has 1 aliphatic carbocycles. The van der Waals surface area contributed by atoms with Gasteiger partial charge in [0.05, 0.1) is 6.04 Å². The van der Waals surface area contributed by atoms with Gasteiger partial charge in [-0.1, -0.05) is 0 Å². The van der Waals surface area contributed by atoms with Gasteiger partial charge in [-0.3, -0.25) is 4.90 Å². The summed E-state index contributed by atoms with van der Waals surface area (Å²) in [5.41, 5.74) is 4.95. The highest BCUT2D eigenvalue weighted by Gasteiger charge is 2.41. The van der Waals surface area contributed by atoms with E-state index in [1.807, 2.05) is 0 Å². The molecule has 0 aliphatic heterocycles. The van der Waals surface area contributed by atoms with Crippen LogP contribution in [0.25, 0.3) is 0 Å². The molecule has 0 aromatic heterocycles. The average Bonchev–Trinajstić information content (AvgIpc) is 2.56. The molecular formula is C12H21F3N2O2. The predicted octanol–water partition coefficient (Wildman–Crippen LogP) is 2.67. The van der Waals surface area contributed by atoms with Crippen molar-refractivity contribution < 1.29 is 22.7 Å². The summed E-state index contributed by atoms with van der Waals surface area (Å²) in [7, 11) is 0. The summed E-state index contributed by atoms with van der Waals surface area (Å²) in [6, 6.07) is -1.02. The number of nitrogens with zero attached hydrogens (tertiary/aromatic N) is 1. The Labute approximate surface area is 111 Å². The molecule has 0 bridgehead atoms. The molecule has 7 heteroatoms. The molecular weight excluding hydrogens is 261 g/mol. The molecule has 112 valence electrons. The lowest BCUT2D eigenvalue weighted by Crippen LogP contribution is -2.52. The Hall–Kier alpha value is -0.980. The number of ether oxygens (including phenoxy) is 1.